The summed E-state index contributed by atoms with van der Waals surface area (Å²) in [5.41, 5.74) is 0.509. The lowest BCUT2D eigenvalue weighted by Crippen LogP contribution is -2.37. The number of rotatable bonds is 6. The van der Waals surface area contributed by atoms with Crippen LogP contribution in [-0.2, 0) is 20.1 Å². The summed E-state index contributed by atoms with van der Waals surface area (Å²) >= 11 is 2.83. The van der Waals surface area contributed by atoms with Crippen molar-refractivity contribution in [3.63, 3.8) is 0 Å². The van der Waals surface area contributed by atoms with Crippen molar-refractivity contribution in [2.75, 3.05) is 13.2 Å². The number of hydrogen-bond acceptors (Lipinski definition) is 6. The molecule has 0 radical (unpaired) electrons. The van der Waals surface area contributed by atoms with Crippen LogP contribution in [0, 0.1) is 0 Å². The van der Waals surface area contributed by atoms with Crippen molar-refractivity contribution in [2.45, 2.75) is 24.7 Å². The minimum atomic E-state index is -0.222. The Morgan fingerprint density at radius 2 is 2.16 bits per heavy atom. The highest BCUT2D eigenvalue weighted by atomic mass is 32.2. The van der Waals surface area contributed by atoms with Crippen molar-refractivity contribution in [2.24, 2.45) is 0 Å². The molecule has 4 heterocycles. The Hall–Kier alpha value is -1.83. The van der Waals surface area contributed by atoms with Crippen LogP contribution in [-0.4, -0.2) is 36.0 Å². The third-order valence-corrected chi connectivity index (χ3v) is 6.23. The molecule has 1 unspecified atom stereocenters. The van der Waals surface area contributed by atoms with Crippen LogP contribution in [0.1, 0.15) is 23.5 Å². The summed E-state index contributed by atoms with van der Waals surface area (Å²) < 4.78 is 11.0. The molecule has 2 amide bonds. The molecule has 0 aliphatic carbocycles. The van der Waals surface area contributed by atoms with Crippen molar-refractivity contribution in [1.82, 2.24) is 4.90 Å². The SMILES string of the molecule is O=C1C(SCc2ccco2)=C(c2cccs2)C(=O)N1CC1CCCO1. The minimum Gasteiger partial charge on any atom is -0.468 e. The monoisotopic (exact) mass is 375 g/mol. The molecule has 2 aliphatic rings. The van der Waals surface area contributed by atoms with E-state index in [1.54, 1.807) is 6.26 Å². The van der Waals surface area contributed by atoms with E-state index in [1.165, 1.54) is 28.0 Å². The van der Waals surface area contributed by atoms with Gasteiger partial charge in [0.05, 0.1) is 35.1 Å². The van der Waals surface area contributed by atoms with Crippen molar-refractivity contribution in [3.05, 3.63) is 51.5 Å². The molecule has 2 aromatic rings. The van der Waals surface area contributed by atoms with Crippen LogP contribution < -0.4 is 0 Å². The summed E-state index contributed by atoms with van der Waals surface area (Å²) in [5.74, 6) is 0.857. The van der Waals surface area contributed by atoms with Crippen LogP contribution in [0.3, 0.4) is 0 Å². The summed E-state index contributed by atoms with van der Waals surface area (Å²) in [5, 5.41) is 1.91. The molecule has 2 aliphatic heterocycles. The number of thiophene rings is 1. The fourth-order valence-corrected chi connectivity index (χ4v) is 4.88. The van der Waals surface area contributed by atoms with E-state index in [1.807, 2.05) is 29.6 Å². The average Bonchev–Trinajstić information content (AvgIpc) is 3.39. The number of carbonyl (C=O) groups is 2. The second-order valence-electron chi connectivity index (χ2n) is 5.91. The maximum absolute atomic E-state index is 12.9. The molecule has 1 fully saturated rings. The van der Waals surface area contributed by atoms with Gasteiger partial charge in [-0.05, 0) is 36.4 Å². The normalized spacial score (nSPS) is 21.0. The van der Waals surface area contributed by atoms with Gasteiger partial charge in [0.2, 0.25) is 0 Å². The average molecular weight is 375 g/mol. The number of carbonyl (C=O) groups excluding carboxylic acids is 2. The molecule has 0 spiro atoms. The van der Waals surface area contributed by atoms with Crippen LogP contribution >= 0.6 is 23.1 Å². The molecular formula is C18H17NO4S2. The highest BCUT2D eigenvalue weighted by Crippen LogP contribution is 2.39. The van der Waals surface area contributed by atoms with Crippen molar-refractivity contribution in [3.8, 4) is 0 Å². The second-order valence-corrected chi connectivity index (χ2v) is 7.84. The van der Waals surface area contributed by atoms with Gasteiger partial charge in [0, 0.05) is 11.5 Å². The molecule has 2 aromatic heterocycles. The summed E-state index contributed by atoms with van der Waals surface area (Å²) in [7, 11) is 0. The summed E-state index contributed by atoms with van der Waals surface area (Å²) in [6.07, 6.45) is 3.43. The maximum Gasteiger partial charge on any atom is 0.268 e. The molecule has 0 saturated carbocycles. The molecule has 0 bridgehead atoms. The topological polar surface area (TPSA) is 59.8 Å². The summed E-state index contributed by atoms with van der Waals surface area (Å²) in [6, 6.07) is 7.45. The quantitative estimate of drug-likeness (QED) is 0.723. The second kappa shape index (κ2) is 7.19. The van der Waals surface area contributed by atoms with Crippen LogP contribution in [0.5, 0.6) is 0 Å². The highest BCUT2D eigenvalue weighted by Gasteiger charge is 2.41. The van der Waals surface area contributed by atoms with E-state index in [2.05, 4.69) is 0 Å². The molecule has 1 atom stereocenters. The van der Waals surface area contributed by atoms with E-state index in [9.17, 15) is 9.59 Å². The van der Waals surface area contributed by atoms with Crippen molar-refractivity contribution in [1.29, 1.82) is 0 Å². The van der Waals surface area contributed by atoms with E-state index >= 15 is 0 Å². The third kappa shape index (κ3) is 3.31. The minimum absolute atomic E-state index is 0.0492. The molecule has 5 nitrogen and oxygen atoms in total. The first-order valence-corrected chi connectivity index (χ1v) is 10.0. The number of imide groups is 1. The summed E-state index contributed by atoms with van der Waals surface area (Å²) in [6.45, 7) is 1.03. The van der Waals surface area contributed by atoms with Gasteiger partial charge >= 0.3 is 0 Å². The van der Waals surface area contributed by atoms with Crippen molar-refractivity contribution < 1.29 is 18.7 Å². The van der Waals surface area contributed by atoms with Crippen LogP contribution in [0.25, 0.3) is 5.57 Å². The van der Waals surface area contributed by atoms with Gasteiger partial charge in [-0.3, -0.25) is 14.5 Å². The van der Waals surface area contributed by atoms with E-state index in [4.69, 9.17) is 9.15 Å². The Morgan fingerprint density at radius 3 is 2.84 bits per heavy atom. The van der Waals surface area contributed by atoms with Gasteiger partial charge in [0.15, 0.2) is 0 Å². The molecular weight excluding hydrogens is 358 g/mol. The number of nitrogens with zero attached hydrogens (tertiary/aromatic N) is 1. The standard InChI is InChI=1S/C18H17NO4S2/c20-17-15(14-6-3-9-24-14)16(25-11-13-5-2-8-23-13)18(21)19(17)10-12-4-1-7-22-12/h2-3,5-6,8-9,12H,1,4,7,10-11H2. The zero-order valence-corrected chi connectivity index (χ0v) is 15.1. The lowest BCUT2D eigenvalue weighted by molar-refractivity contribution is -0.138. The molecule has 0 aromatic carbocycles. The molecule has 130 valence electrons. The third-order valence-electron chi connectivity index (χ3n) is 4.24. The highest BCUT2D eigenvalue weighted by molar-refractivity contribution is 8.03. The van der Waals surface area contributed by atoms with Crippen LogP contribution in [0.4, 0.5) is 0 Å². The van der Waals surface area contributed by atoms with Gasteiger partial charge in [-0.1, -0.05) is 6.07 Å². The first kappa shape index (κ1) is 16.6. The predicted octanol–water partition coefficient (Wildman–Crippen LogP) is 3.53. The largest absolute Gasteiger partial charge is 0.468 e. The Balaban J connectivity index is 1.60. The fourth-order valence-electron chi connectivity index (χ4n) is 3.02. The Bertz CT molecular complexity index is 789. The van der Waals surface area contributed by atoms with Gasteiger partial charge in [-0.15, -0.1) is 23.1 Å². The molecule has 4 rings (SSSR count). The first-order chi connectivity index (χ1) is 12.2. The lowest BCUT2D eigenvalue weighted by Gasteiger charge is -2.19. The molecule has 25 heavy (non-hydrogen) atoms. The number of ether oxygens (including phenoxy) is 1. The lowest BCUT2D eigenvalue weighted by atomic mass is 10.2. The maximum atomic E-state index is 12.9. The van der Waals surface area contributed by atoms with Gasteiger partial charge in [0.1, 0.15) is 5.76 Å². The van der Waals surface area contributed by atoms with Gasteiger partial charge in [0.25, 0.3) is 11.8 Å². The number of amides is 2. The Kier molecular flexibility index (Phi) is 4.78. The van der Waals surface area contributed by atoms with Crippen LogP contribution in [0.2, 0.25) is 0 Å². The number of thioether (sulfide) groups is 1. The summed E-state index contributed by atoms with van der Waals surface area (Å²) in [4.78, 5) is 28.5. The molecule has 7 heteroatoms. The van der Waals surface area contributed by atoms with Crippen molar-refractivity contribution >= 4 is 40.5 Å². The fraction of sp³-hybridized carbons (Fsp3) is 0.333. The van der Waals surface area contributed by atoms with E-state index in [-0.39, 0.29) is 17.9 Å². The molecule has 1 saturated heterocycles. The number of furan rings is 1. The smallest absolute Gasteiger partial charge is 0.268 e. The van der Waals surface area contributed by atoms with Crippen LogP contribution in [0.15, 0.2) is 45.2 Å². The Labute approximate surface area is 153 Å². The van der Waals surface area contributed by atoms with Gasteiger partial charge in [-0.25, -0.2) is 0 Å². The Morgan fingerprint density at radius 1 is 1.24 bits per heavy atom. The van der Waals surface area contributed by atoms with Gasteiger partial charge in [-0.2, -0.15) is 0 Å². The number of hydrogen-bond donors (Lipinski definition) is 0. The van der Waals surface area contributed by atoms with E-state index < -0.39 is 0 Å². The van der Waals surface area contributed by atoms with E-state index in [0.29, 0.717) is 29.4 Å². The predicted molar refractivity (Wildman–Crippen MR) is 96.9 cm³/mol. The van der Waals surface area contributed by atoms with Gasteiger partial charge < -0.3 is 9.15 Å². The zero-order chi connectivity index (χ0) is 17.2. The van der Waals surface area contributed by atoms with E-state index in [0.717, 1.165) is 23.5 Å². The first-order valence-electron chi connectivity index (χ1n) is 8.15. The molecule has 0 N–H and O–H groups in total. The zero-order valence-electron chi connectivity index (χ0n) is 13.5.